The van der Waals surface area contributed by atoms with Gasteiger partial charge < -0.3 is 9.26 Å². The van der Waals surface area contributed by atoms with E-state index in [9.17, 15) is 8.42 Å². The summed E-state index contributed by atoms with van der Waals surface area (Å²) in [4.78, 5) is 0.140. The number of anilines is 1. The molecule has 0 aliphatic carbocycles. The second-order valence-corrected chi connectivity index (χ2v) is 8.34. The molecule has 3 aromatic rings. The average Bonchev–Trinajstić information content (AvgIpc) is 3.13. The van der Waals surface area contributed by atoms with Crippen LogP contribution in [0.15, 0.2) is 57.9 Å². The molecule has 2 heterocycles. The van der Waals surface area contributed by atoms with Crippen LogP contribution < -0.4 is 9.04 Å². The predicted octanol–water partition coefficient (Wildman–Crippen LogP) is 3.80. The summed E-state index contributed by atoms with van der Waals surface area (Å²) in [7, 11) is -2.28. The van der Waals surface area contributed by atoms with Gasteiger partial charge >= 0.3 is 0 Å². The lowest BCUT2D eigenvalue weighted by molar-refractivity contribution is 0.401. The molecule has 0 saturated heterocycles. The van der Waals surface area contributed by atoms with E-state index < -0.39 is 10.0 Å². The first-order chi connectivity index (χ1) is 13.0. The van der Waals surface area contributed by atoms with Gasteiger partial charge in [0.1, 0.15) is 10.6 Å². The number of aryl methyl sites for hydroxylation is 2. The van der Waals surface area contributed by atoms with Crippen molar-refractivity contribution in [3.63, 3.8) is 0 Å². The highest BCUT2D eigenvalue weighted by atomic mass is 32.2. The molecule has 0 N–H and O–H groups in total. The van der Waals surface area contributed by atoms with E-state index in [0.717, 1.165) is 29.8 Å². The maximum atomic E-state index is 13.4. The minimum atomic E-state index is -3.75. The molecule has 27 heavy (non-hydrogen) atoms. The van der Waals surface area contributed by atoms with Gasteiger partial charge in [0.25, 0.3) is 10.0 Å². The smallest absolute Gasteiger partial charge is 0.268 e. The lowest BCUT2D eigenvalue weighted by Gasteiger charge is -2.30. The van der Waals surface area contributed by atoms with E-state index >= 15 is 0 Å². The van der Waals surface area contributed by atoms with Gasteiger partial charge in [-0.3, -0.25) is 4.31 Å². The second-order valence-electron chi connectivity index (χ2n) is 6.51. The fourth-order valence-electron chi connectivity index (χ4n) is 3.40. The van der Waals surface area contributed by atoms with E-state index in [1.54, 1.807) is 24.3 Å². The predicted molar refractivity (Wildman–Crippen MR) is 103 cm³/mol. The summed E-state index contributed by atoms with van der Waals surface area (Å²) in [5.41, 5.74) is 3.25. The third-order valence-corrected chi connectivity index (χ3v) is 6.56. The zero-order valence-corrected chi connectivity index (χ0v) is 16.0. The highest BCUT2D eigenvalue weighted by molar-refractivity contribution is 7.93. The Morgan fingerprint density at radius 3 is 2.70 bits per heavy atom. The first kappa shape index (κ1) is 17.6. The fraction of sp³-hybridized carbons (Fsp3) is 0.250. The van der Waals surface area contributed by atoms with Crippen molar-refractivity contribution in [3.8, 4) is 17.1 Å². The first-order valence-electron chi connectivity index (χ1n) is 8.73. The SMILES string of the molecule is COc1cc(-c2cc(C)no2)ccc1S(=O)(=O)N1CCCc2ccccc21. The van der Waals surface area contributed by atoms with Crippen molar-refractivity contribution in [2.24, 2.45) is 0 Å². The zero-order valence-electron chi connectivity index (χ0n) is 15.2. The van der Waals surface area contributed by atoms with E-state index in [-0.39, 0.29) is 10.6 Å². The van der Waals surface area contributed by atoms with Crippen LogP contribution in [0.4, 0.5) is 5.69 Å². The van der Waals surface area contributed by atoms with Crippen LogP contribution in [0.5, 0.6) is 5.75 Å². The van der Waals surface area contributed by atoms with Crippen LogP contribution in [0.3, 0.4) is 0 Å². The number of para-hydroxylation sites is 1. The molecular weight excluding hydrogens is 364 g/mol. The van der Waals surface area contributed by atoms with Crippen molar-refractivity contribution in [1.82, 2.24) is 5.16 Å². The van der Waals surface area contributed by atoms with Gasteiger partial charge in [-0.15, -0.1) is 0 Å². The average molecular weight is 384 g/mol. The number of benzene rings is 2. The molecule has 0 amide bonds. The van der Waals surface area contributed by atoms with Gasteiger partial charge in [-0.25, -0.2) is 8.42 Å². The Labute approximate surface area is 158 Å². The molecule has 0 radical (unpaired) electrons. The van der Waals surface area contributed by atoms with Crippen molar-refractivity contribution < 1.29 is 17.7 Å². The highest BCUT2D eigenvalue weighted by Crippen LogP contribution is 2.36. The summed E-state index contributed by atoms with van der Waals surface area (Å²) >= 11 is 0. The van der Waals surface area contributed by atoms with Crippen molar-refractivity contribution in [2.45, 2.75) is 24.7 Å². The monoisotopic (exact) mass is 384 g/mol. The normalized spacial score (nSPS) is 14.1. The number of fused-ring (bicyclic) bond motifs is 1. The molecule has 0 bridgehead atoms. The Bertz CT molecular complexity index is 1090. The van der Waals surface area contributed by atoms with Gasteiger partial charge in [-0.1, -0.05) is 23.4 Å². The lowest BCUT2D eigenvalue weighted by Crippen LogP contribution is -2.35. The quantitative estimate of drug-likeness (QED) is 0.684. The van der Waals surface area contributed by atoms with Crippen LogP contribution in [-0.4, -0.2) is 27.2 Å². The Morgan fingerprint density at radius 2 is 1.96 bits per heavy atom. The van der Waals surface area contributed by atoms with Crippen LogP contribution >= 0.6 is 0 Å². The standard InChI is InChI=1S/C20H20N2O4S/c1-14-12-18(26-21-14)16-9-10-20(19(13-16)25-2)27(23,24)22-11-5-7-15-6-3-4-8-17(15)22/h3-4,6,8-10,12-13H,5,7,11H2,1-2H3. The van der Waals surface area contributed by atoms with E-state index in [2.05, 4.69) is 5.16 Å². The van der Waals surface area contributed by atoms with Crippen molar-refractivity contribution in [3.05, 3.63) is 59.8 Å². The summed E-state index contributed by atoms with van der Waals surface area (Å²) < 4.78 is 38.9. The number of rotatable bonds is 4. The zero-order chi connectivity index (χ0) is 19.0. The molecule has 0 saturated carbocycles. The Hall–Kier alpha value is -2.80. The van der Waals surface area contributed by atoms with E-state index in [0.29, 0.717) is 17.9 Å². The number of aromatic nitrogens is 1. The number of methoxy groups -OCH3 is 1. The molecule has 6 nitrogen and oxygen atoms in total. The molecule has 0 unspecified atom stereocenters. The maximum Gasteiger partial charge on any atom is 0.268 e. The van der Waals surface area contributed by atoms with E-state index in [1.165, 1.54) is 11.4 Å². The van der Waals surface area contributed by atoms with Crippen molar-refractivity contribution in [1.29, 1.82) is 0 Å². The molecule has 0 fully saturated rings. The molecule has 4 rings (SSSR count). The molecule has 1 aliphatic rings. The maximum absolute atomic E-state index is 13.4. The van der Waals surface area contributed by atoms with Gasteiger partial charge in [0.2, 0.25) is 0 Å². The Kier molecular flexibility index (Phi) is 4.39. The molecule has 0 spiro atoms. The minimum absolute atomic E-state index is 0.140. The topological polar surface area (TPSA) is 72.6 Å². The number of nitrogens with zero attached hydrogens (tertiary/aromatic N) is 2. The second kappa shape index (κ2) is 6.74. The third kappa shape index (κ3) is 3.08. The summed E-state index contributed by atoms with van der Waals surface area (Å²) in [5, 5.41) is 3.88. The molecule has 0 atom stereocenters. The van der Waals surface area contributed by atoms with Gasteiger partial charge in [-0.05, 0) is 49.6 Å². The number of hydrogen-bond donors (Lipinski definition) is 0. The van der Waals surface area contributed by atoms with Gasteiger partial charge in [0.15, 0.2) is 5.76 Å². The summed E-state index contributed by atoms with van der Waals surface area (Å²) in [6.45, 7) is 2.28. The third-order valence-electron chi connectivity index (χ3n) is 4.71. The summed E-state index contributed by atoms with van der Waals surface area (Å²) in [6.07, 6.45) is 1.66. The van der Waals surface area contributed by atoms with Crippen LogP contribution in [0.25, 0.3) is 11.3 Å². The number of sulfonamides is 1. The van der Waals surface area contributed by atoms with Crippen LogP contribution in [-0.2, 0) is 16.4 Å². The molecule has 1 aliphatic heterocycles. The molecule has 7 heteroatoms. The van der Waals surface area contributed by atoms with Gasteiger partial charge in [-0.2, -0.15) is 0 Å². The minimum Gasteiger partial charge on any atom is -0.495 e. The molecular formula is C20H20N2O4S. The Balaban J connectivity index is 1.79. The van der Waals surface area contributed by atoms with Gasteiger partial charge in [0.05, 0.1) is 18.5 Å². The summed E-state index contributed by atoms with van der Waals surface area (Å²) in [5.74, 6) is 0.850. The van der Waals surface area contributed by atoms with Crippen LogP contribution in [0, 0.1) is 6.92 Å². The molecule has 2 aromatic carbocycles. The fourth-order valence-corrected chi connectivity index (χ4v) is 5.08. The van der Waals surface area contributed by atoms with Crippen LogP contribution in [0.2, 0.25) is 0 Å². The lowest BCUT2D eigenvalue weighted by atomic mass is 10.0. The van der Waals surface area contributed by atoms with Crippen molar-refractivity contribution >= 4 is 15.7 Å². The molecule has 140 valence electrons. The number of ether oxygens (including phenoxy) is 1. The summed E-state index contributed by atoms with van der Waals surface area (Å²) in [6, 6.07) is 14.4. The van der Waals surface area contributed by atoms with Crippen LogP contribution in [0.1, 0.15) is 17.7 Å². The number of hydrogen-bond acceptors (Lipinski definition) is 5. The Morgan fingerprint density at radius 1 is 1.15 bits per heavy atom. The first-order valence-corrected chi connectivity index (χ1v) is 10.2. The van der Waals surface area contributed by atoms with Gasteiger partial charge in [0, 0.05) is 18.2 Å². The van der Waals surface area contributed by atoms with Crippen molar-refractivity contribution in [2.75, 3.05) is 18.0 Å². The molecule has 1 aromatic heterocycles. The van der Waals surface area contributed by atoms with E-state index in [4.69, 9.17) is 9.26 Å². The van der Waals surface area contributed by atoms with E-state index in [1.807, 2.05) is 31.2 Å². The largest absolute Gasteiger partial charge is 0.495 e. The highest BCUT2D eigenvalue weighted by Gasteiger charge is 2.31.